The summed E-state index contributed by atoms with van der Waals surface area (Å²) < 4.78 is 14.7. The zero-order chi connectivity index (χ0) is 21.3. The summed E-state index contributed by atoms with van der Waals surface area (Å²) in [5, 5.41) is 9.56. The number of hydrogen-bond acceptors (Lipinski definition) is 4. The van der Waals surface area contributed by atoms with Crippen molar-refractivity contribution in [3.8, 4) is 17.9 Å². The fraction of sp³-hybridized carbons (Fsp3) is 0.292. The van der Waals surface area contributed by atoms with Crippen LogP contribution in [0.4, 0.5) is 15.9 Å². The molecule has 4 rings (SSSR count). The third kappa shape index (κ3) is 3.65. The largest absolute Gasteiger partial charge is 0.347 e. The number of nitrogens with one attached hydrogen (secondary N) is 1. The number of nitriles is 1. The van der Waals surface area contributed by atoms with E-state index >= 15 is 0 Å². The van der Waals surface area contributed by atoms with Gasteiger partial charge in [0.05, 0.1) is 17.0 Å². The van der Waals surface area contributed by atoms with Gasteiger partial charge in [-0.05, 0) is 62.9 Å². The lowest BCUT2D eigenvalue weighted by Crippen LogP contribution is -2.24. The van der Waals surface area contributed by atoms with Crippen LogP contribution in [0.5, 0.6) is 0 Å². The third-order valence-electron chi connectivity index (χ3n) is 5.23. The van der Waals surface area contributed by atoms with Crippen molar-refractivity contribution < 1.29 is 4.39 Å². The zero-order valence-electron chi connectivity index (χ0n) is 16.9. The first-order valence-electron chi connectivity index (χ1n) is 9.92. The van der Waals surface area contributed by atoms with Crippen molar-refractivity contribution >= 4 is 22.4 Å². The second-order valence-electron chi connectivity index (χ2n) is 7.93. The topological polar surface area (TPSA) is 72.8 Å². The summed E-state index contributed by atoms with van der Waals surface area (Å²) in [6.45, 7) is 4.18. The molecule has 0 atom stereocenters. The van der Waals surface area contributed by atoms with Gasteiger partial charge in [-0.3, -0.25) is 0 Å². The van der Waals surface area contributed by atoms with Crippen molar-refractivity contribution in [3.05, 3.63) is 63.8 Å². The van der Waals surface area contributed by atoms with Crippen LogP contribution in [0, 0.1) is 34.4 Å². The van der Waals surface area contributed by atoms with E-state index in [-0.39, 0.29) is 0 Å². The quantitative estimate of drug-likeness (QED) is 0.613. The van der Waals surface area contributed by atoms with Crippen LogP contribution in [-0.2, 0) is 6.42 Å². The Hall–Kier alpha value is -3.64. The molecule has 1 aliphatic heterocycles. The molecule has 150 valence electrons. The van der Waals surface area contributed by atoms with Gasteiger partial charge in [0.1, 0.15) is 11.2 Å². The van der Waals surface area contributed by atoms with Crippen LogP contribution in [-0.4, -0.2) is 16.5 Å². The Balaban J connectivity index is 1.93. The Morgan fingerprint density at radius 3 is 2.80 bits per heavy atom. The molecule has 0 bridgehead atoms. The molecular formula is C24H21FN4O. The highest BCUT2D eigenvalue weighted by molar-refractivity contribution is 5.92. The third-order valence-corrected chi connectivity index (χ3v) is 5.23. The number of benzene rings is 2. The molecule has 2 heterocycles. The first-order chi connectivity index (χ1) is 14.4. The van der Waals surface area contributed by atoms with Gasteiger partial charge >= 0.3 is 5.69 Å². The summed E-state index contributed by atoms with van der Waals surface area (Å²) in [4.78, 5) is 20.9. The standard InChI is InChI=1S/C24H21FN4O/c1-24(2,15-26)13-12-16-7-5-11-20-17(16)8-3-4-14-29(20)22-21-18(25)9-6-10-19(21)27-23(30)28-22/h5-7,9-11H,3-4,8,14H2,1-2H3,(H,27,28,30). The second-order valence-corrected chi connectivity index (χ2v) is 7.93. The van der Waals surface area contributed by atoms with E-state index in [4.69, 9.17) is 0 Å². The molecular weight excluding hydrogens is 379 g/mol. The molecule has 0 saturated carbocycles. The maximum absolute atomic E-state index is 14.7. The normalized spacial score (nSPS) is 13.7. The van der Waals surface area contributed by atoms with Crippen LogP contribution in [0.3, 0.4) is 0 Å². The second kappa shape index (κ2) is 7.65. The van der Waals surface area contributed by atoms with Gasteiger partial charge in [0.15, 0.2) is 5.82 Å². The predicted molar refractivity (Wildman–Crippen MR) is 115 cm³/mol. The Bertz CT molecular complexity index is 1290. The van der Waals surface area contributed by atoms with Crippen molar-refractivity contribution in [1.82, 2.24) is 9.97 Å². The Labute approximate surface area is 174 Å². The molecule has 0 unspecified atom stereocenters. The molecule has 0 spiro atoms. The Kier molecular flexibility index (Phi) is 5.01. The summed E-state index contributed by atoms with van der Waals surface area (Å²) in [6.07, 6.45) is 2.62. The molecule has 3 aromatic rings. The van der Waals surface area contributed by atoms with Crippen LogP contribution in [0.25, 0.3) is 10.9 Å². The van der Waals surface area contributed by atoms with E-state index in [0.29, 0.717) is 23.3 Å². The highest BCUT2D eigenvalue weighted by Crippen LogP contribution is 2.36. The molecule has 30 heavy (non-hydrogen) atoms. The minimum absolute atomic E-state index is 0.298. The molecule has 1 aliphatic rings. The number of nitrogens with zero attached hydrogens (tertiary/aromatic N) is 3. The lowest BCUT2D eigenvalue weighted by Gasteiger charge is -2.25. The SMILES string of the molecule is CC(C)(C#N)C#Cc1cccc2c1CCCCN2c1nc(=O)[nH]c2cccc(F)c12. The number of H-pyrrole nitrogens is 1. The molecule has 1 aromatic heterocycles. The van der Waals surface area contributed by atoms with Gasteiger partial charge < -0.3 is 9.88 Å². The van der Waals surface area contributed by atoms with Crippen molar-refractivity contribution in [2.45, 2.75) is 33.1 Å². The fourth-order valence-electron chi connectivity index (χ4n) is 3.72. The maximum Gasteiger partial charge on any atom is 0.347 e. The number of rotatable bonds is 1. The lowest BCUT2D eigenvalue weighted by atomic mass is 9.95. The van der Waals surface area contributed by atoms with Crippen LogP contribution < -0.4 is 10.6 Å². The number of halogens is 1. The highest BCUT2D eigenvalue weighted by atomic mass is 19.1. The smallest absolute Gasteiger partial charge is 0.325 e. The molecule has 0 aliphatic carbocycles. The van der Waals surface area contributed by atoms with E-state index < -0.39 is 16.9 Å². The molecule has 0 saturated heterocycles. The van der Waals surface area contributed by atoms with Gasteiger partial charge in [-0.15, -0.1) is 0 Å². The van der Waals surface area contributed by atoms with Gasteiger partial charge in [-0.25, -0.2) is 9.18 Å². The van der Waals surface area contributed by atoms with Crippen LogP contribution in [0.15, 0.2) is 41.2 Å². The Morgan fingerprint density at radius 1 is 1.20 bits per heavy atom. The summed E-state index contributed by atoms with van der Waals surface area (Å²) in [6, 6.07) is 12.6. The predicted octanol–water partition coefficient (Wildman–Crippen LogP) is 4.44. The Morgan fingerprint density at radius 2 is 2.00 bits per heavy atom. The molecule has 0 radical (unpaired) electrons. The molecule has 5 nitrogen and oxygen atoms in total. The van der Waals surface area contributed by atoms with Crippen molar-refractivity contribution in [3.63, 3.8) is 0 Å². The van der Waals surface area contributed by atoms with Gasteiger partial charge in [0.2, 0.25) is 0 Å². The van der Waals surface area contributed by atoms with Gasteiger partial charge in [0, 0.05) is 17.8 Å². The monoisotopic (exact) mass is 400 g/mol. The summed E-state index contributed by atoms with van der Waals surface area (Å²) >= 11 is 0. The average molecular weight is 400 g/mol. The van der Waals surface area contributed by atoms with E-state index in [1.807, 2.05) is 23.1 Å². The van der Waals surface area contributed by atoms with Gasteiger partial charge in [-0.1, -0.05) is 24.0 Å². The van der Waals surface area contributed by atoms with Crippen molar-refractivity contribution in [1.29, 1.82) is 5.26 Å². The molecule has 0 fully saturated rings. The number of hydrogen-bond donors (Lipinski definition) is 1. The minimum Gasteiger partial charge on any atom is -0.325 e. The van der Waals surface area contributed by atoms with Crippen molar-refractivity contribution in [2.24, 2.45) is 5.41 Å². The average Bonchev–Trinajstić information content (AvgIpc) is 2.94. The molecule has 0 amide bonds. The maximum atomic E-state index is 14.7. The van der Waals surface area contributed by atoms with E-state index in [1.54, 1.807) is 26.0 Å². The summed E-state index contributed by atoms with van der Waals surface area (Å²) in [5.74, 6) is 6.09. The number of aromatic nitrogens is 2. The van der Waals surface area contributed by atoms with Gasteiger partial charge in [-0.2, -0.15) is 10.2 Å². The van der Waals surface area contributed by atoms with Crippen LogP contribution in [0.1, 0.15) is 37.8 Å². The van der Waals surface area contributed by atoms with Crippen molar-refractivity contribution in [2.75, 3.05) is 11.4 Å². The first-order valence-corrected chi connectivity index (χ1v) is 9.92. The minimum atomic E-state index is -0.749. The zero-order valence-corrected chi connectivity index (χ0v) is 16.9. The van der Waals surface area contributed by atoms with E-state index in [1.165, 1.54) is 6.07 Å². The number of aromatic amines is 1. The van der Waals surface area contributed by atoms with E-state index in [9.17, 15) is 14.4 Å². The van der Waals surface area contributed by atoms with Crippen LogP contribution >= 0.6 is 0 Å². The van der Waals surface area contributed by atoms with Crippen LogP contribution in [0.2, 0.25) is 0 Å². The van der Waals surface area contributed by atoms with E-state index in [0.717, 1.165) is 36.1 Å². The van der Waals surface area contributed by atoms with E-state index in [2.05, 4.69) is 27.9 Å². The summed E-state index contributed by atoms with van der Waals surface area (Å²) in [5.41, 5.74) is 1.90. The van der Waals surface area contributed by atoms with Gasteiger partial charge in [0.25, 0.3) is 0 Å². The first kappa shape index (κ1) is 19.7. The summed E-state index contributed by atoms with van der Waals surface area (Å²) in [7, 11) is 0. The molecule has 6 heteroatoms. The highest BCUT2D eigenvalue weighted by Gasteiger charge is 2.23. The fourth-order valence-corrected chi connectivity index (χ4v) is 3.72. The lowest BCUT2D eigenvalue weighted by molar-refractivity contribution is 0.638. The molecule has 1 N–H and O–H groups in total. The number of anilines is 2. The number of fused-ring (bicyclic) bond motifs is 2. The molecule has 2 aromatic carbocycles.